The fourth-order valence-electron chi connectivity index (χ4n) is 2.05. The average molecular weight is 282 g/mol. The summed E-state index contributed by atoms with van der Waals surface area (Å²) in [6.45, 7) is 15.2. The minimum Gasteiger partial charge on any atom is -1.00 e. The van der Waals surface area contributed by atoms with Crippen LogP contribution in [-0.4, -0.2) is 0 Å². The Labute approximate surface area is 122 Å². The van der Waals surface area contributed by atoms with Gasteiger partial charge >= 0.3 is 21.7 Å². The summed E-state index contributed by atoms with van der Waals surface area (Å²) in [5.41, 5.74) is 6.20. The van der Waals surface area contributed by atoms with Crippen molar-refractivity contribution in [1.29, 1.82) is 0 Å². The number of halogens is 2. The summed E-state index contributed by atoms with van der Waals surface area (Å²) >= 11 is 0. The molecule has 0 fully saturated rings. The second-order valence-corrected chi connectivity index (χ2v) is 4.08. The minimum absolute atomic E-state index is 0. The van der Waals surface area contributed by atoms with E-state index in [1.807, 2.05) is 0 Å². The maximum absolute atomic E-state index is 4.04. The van der Waals surface area contributed by atoms with Crippen molar-refractivity contribution < 1.29 is 46.5 Å². The molecule has 1 rings (SSSR count). The predicted octanol–water partition coefficient (Wildman–Crippen LogP) is -2.09. The molecule has 85 valence electrons. The molecule has 0 amide bonds. The molecule has 1 aliphatic rings. The Hall–Kier alpha value is 0.774. The molecule has 0 aromatic heterocycles. The van der Waals surface area contributed by atoms with Gasteiger partial charge in [-0.3, -0.25) is 0 Å². The zero-order chi connectivity index (χ0) is 9.52. The van der Waals surface area contributed by atoms with E-state index in [1.54, 1.807) is 0 Å². The smallest absolute Gasteiger partial charge is 1.00 e. The van der Waals surface area contributed by atoms with Gasteiger partial charge in [-0.25, -0.2) is 0 Å². The van der Waals surface area contributed by atoms with Crippen molar-refractivity contribution in [3.8, 4) is 0 Å². The Kier molecular flexibility index (Phi) is 10.1. The first-order valence-electron chi connectivity index (χ1n) is 4.60. The SMILES string of the molecule is [CH2-]CC1(C)C(C)=C(C)C(C)=C1C.[Cl-].[Cl-].[Ti+3]. The third-order valence-electron chi connectivity index (χ3n) is 3.84. The van der Waals surface area contributed by atoms with E-state index in [-0.39, 0.29) is 51.9 Å². The van der Waals surface area contributed by atoms with Crippen LogP contribution in [-0.2, 0) is 21.7 Å². The molecule has 0 aliphatic heterocycles. The molecule has 0 aromatic rings. The molecule has 0 bridgehead atoms. The molecule has 0 unspecified atom stereocenters. The van der Waals surface area contributed by atoms with Gasteiger partial charge in [0.05, 0.1) is 0 Å². The molecule has 0 N–H and O–H groups in total. The Morgan fingerprint density at radius 2 is 1.20 bits per heavy atom. The molecule has 1 radical (unpaired) electrons. The van der Waals surface area contributed by atoms with E-state index in [2.05, 4.69) is 41.5 Å². The first kappa shape index (κ1) is 21.1. The van der Waals surface area contributed by atoms with Crippen LogP contribution in [0.2, 0.25) is 0 Å². The van der Waals surface area contributed by atoms with E-state index in [4.69, 9.17) is 0 Å². The van der Waals surface area contributed by atoms with E-state index >= 15 is 0 Å². The molecule has 0 atom stereocenters. The molecule has 3 heteroatoms. The van der Waals surface area contributed by atoms with Crippen LogP contribution >= 0.6 is 0 Å². The van der Waals surface area contributed by atoms with Gasteiger partial charge < -0.3 is 31.7 Å². The molecular formula is C12H19Cl2Ti. The predicted molar refractivity (Wildman–Crippen MR) is 54.8 cm³/mol. The van der Waals surface area contributed by atoms with Gasteiger partial charge in [0.25, 0.3) is 0 Å². The zero-order valence-corrected chi connectivity index (χ0v) is 13.2. The van der Waals surface area contributed by atoms with Crippen molar-refractivity contribution in [3.63, 3.8) is 0 Å². The molecule has 15 heavy (non-hydrogen) atoms. The summed E-state index contributed by atoms with van der Waals surface area (Å²) in [6, 6.07) is 0. The number of allylic oxidation sites excluding steroid dienone is 4. The molecule has 0 saturated heterocycles. The second-order valence-electron chi connectivity index (χ2n) is 4.08. The van der Waals surface area contributed by atoms with Gasteiger partial charge in [0, 0.05) is 0 Å². The van der Waals surface area contributed by atoms with Gasteiger partial charge in [0.15, 0.2) is 0 Å². The molecule has 1 aliphatic carbocycles. The Balaban J connectivity index is -0.000000480. The normalized spacial score (nSPS) is 18.0. The fourth-order valence-corrected chi connectivity index (χ4v) is 2.05. The van der Waals surface area contributed by atoms with Crippen molar-refractivity contribution in [2.24, 2.45) is 5.41 Å². The van der Waals surface area contributed by atoms with Gasteiger partial charge in [-0.15, -0.1) is 0 Å². The van der Waals surface area contributed by atoms with Gasteiger partial charge in [-0.2, -0.15) is 6.42 Å². The van der Waals surface area contributed by atoms with Crippen molar-refractivity contribution in [2.75, 3.05) is 0 Å². The van der Waals surface area contributed by atoms with Crippen molar-refractivity contribution in [1.82, 2.24) is 0 Å². The van der Waals surface area contributed by atoms with Crippen LogP contribution in [0.25, 0.3) is 0 Å². The molecule has 0 spiro atoms. The fraction of sp³-hybridized carbons (Fsp3) is 0.583. The Morgan fingerprint density at radius 1 is 0.933 bits per heavy atom. The summed E-state index contributed by atoms with van der Waals surface area (Å²) in [5, 5.41) is 0. The first-order valence-corrected chi connectivity index (χ1v) is 4.60. The van der Waals surface area contributed by atoms with Crippen molar-refractivity contribution in [3.05, 3.63) is 29.2 Å². The summed E-state index contributed by atoms with van der Waals surface area (Å²) in [7, 11) is 0. The molecule has 0 nitrogen and oxygen atoms in total. The monoisotopic (exact) mass is 281 g/mol. The van der Waals surface area contributed by atoms with Crippen LogP contribution < -0.4 is 24.8 Å². The van der Waals surface area contributed by atoms with Crippen LogP contribution in [0, 0.1) is 12.3 Å². The summed E-state index contributed by atoms with van der Waals surface area (Å²) in [5.74, 6) is 0. The maximum atomic E-state index is 4.04. The van der Waals surface area contributed by atoms with Crippen molar-refractivity contribution >= 4 is 0 Å². The standard InChI is InChI=1S/C12H19.2ClH.Ti/c1-7-12(6)10(4)8(2)9(3)11(12)5;;;/h1,7H2,2-6H3;2*1H;/q-1;;;+3/p-2. The van der Waals surface area contributed by atoms with Crippen molar-refractivity contribution in [2.45, 2.75) is 41.0 Å². The van der Waals surface area contributed by atoms with E-state index in [0.29, 0.717) is 0 Å². The third-order valence-corrected chi connectivity index (χ3v) is 3.84. The van der Waals surface area contributed by atoms with Crippen LogP contribution in [0.15, 0.2) is 22.3 Å². The summed E-state index contributed by atoms with van der Waals surface area (Å²) < 4.78 is 0. The van der Waals surface area contributed by atoms with Gasteiger partial charge in [-0.05, 0) is 44.3 Å². The second kappa shape index (κ2) is 7.17. The van der Waals surface area contributed by atoms with Crippen LogP contribution in [0.1, 0.15) is 41.0 Å². The first-order chi connectivity index (χ1) is 5.45. The zero-order valence-electron chi connectivity index (χ0n) is 10.2. The van der Waals surface area contributed by atoms with Crippen LogP contribution in [0.5, 0.6) is 0 Å². The van der Waals surface area contributed by atoms with Gasteiger partial charge in [-0.1, -0.05) is 18.1 Å². The molecular weight excluding hydrogens is 263 g/mol. The number of hydrogen-bond donors (Lipinski definition) is 0. The topological polar surface area (TPSA) is 0 Å². The average Bonchev–Trinajstić information content (AvgIpc) is 2.22. The quantitative estimate of drug-likeness (QED) is 0.382. The van der Waals surface area contributed by atoms with E-state index in [9.17, 15) is 0 Å². The minimum atomic E-state index is 0. The molecule has 0 heterocycles. The van der Waals surface area contributed by atoms with Crippen LogP contribution in [0.4, 0.5) is 0 Å². The maximum Gasteiger partial charge on any atom is 3.00 e. The Morgan fingerprint density at radius 3 is 1.33 bits per heavy atom. The largest absolute Gasteiger partial charge is 3.00 e. The van der Waals surface area contributed by atoms with Crippen LogP contribution in [0.3, 0.4) is 0 Å². The summed E-state index contributed by atoms with van der Waals surface area (Å²) in [4.78, 5) is 0. The molecule has 0 saturated carbocycles. The van der Waals surface area contributed by atoms with E-state index in [1.165, 1.54) is 22.3 Å². The number of hydrogen-bond acceptors (Lipinski definition) is 0. The third kappa shape index (κ3) is 3.13. The van der Waals surface area contributed by atoms with Gasteiger partial charge in [0.2, 0.25) is 0 Å². The summed E-state index contributed by atoms with van der Waals surface area (Å²) in [6.07, 6.45) is 0.972. The Bertz CT molecular complexity index is 253. The van der Waals surface area contributed by atoms with E-state index < -0.39 is 0 Å². The number of rotatable bonds is 1. The van der Waals surface area contributed by atoms with E-state index in [0.717, 1.165) is 6.42 Å². The van der Waals surface area contributed by atoms with Gasteiger partial charge in [0.1, 0.15) is 0 Å². The molecule has 0 aromatic carbocycles.